The predicted octanol–water partition coefficient (Wildman–Crippen LogP) is 7.36. The molecule has 0 heterocycles. The van der Waals surface area contributed by atoms with Crippen LogP contribution in [-0.4, -0.2) is 32.9 Å². The lowest BCUT2D eigenvalue weighted by Crippen LogP contribution is -2.19. The molecule has 2 N–H and O–H groups in total. The van der Waals surface area contributed by atoms with Crippen LogP contribution in [0.1, 0.15) is 43.9 Å². The molecule has 0 aliphatic rings. The maximum atomic E-state index is 14.6. The zero-order chi connectivity index (χ0) is 29.6. The van der Waals surface area contributed by atoms with Crippen molar-refractivity contribution in [1.82, 2.24) is 0 Å². The van der Waals surface area contributed by atoms with Gasteiger partial charge in [-0.15, -0.1) is 0 Å². The molecule has 41 heavy (non-hydrogen) atoms. The maximum Gasteiger partial charge on any atom is 0.171 e. The number of rotatable bonds is 10. The first kappa shape index (κ1) is 29.5. The highest BCUT2D eigenvalue weighted by Gasteiger charge is 2.33. The van der Waals surface area contributed by atoms with Gasteiger partial charge in [-0.3, -0.25) is 0 Å². The molecule has 7 heteroatoms. The van der Waals surface area contributed by atoms with Crippen LogP contribution in [0.3, 0.4) is 0 Å². The second-order valence-corrected chi connectivity index (χ2v) is 12.0. The highest BCUT2D eigenvalue weighted by molar-refractivity contribution is 7.92. The van der Waals surface area contributed by atoms with Crippen LogP contribution in [0.15, 0.2) is 97.1 Å². The Morgan fingerprint density at radius 2 is 0.976 bits per heavy atom. The predicted molar refractivity (Wildman–Crippen MR) is 164 cm³/mol. The second kappa shape index (κ2) is 12.8. The number of aromatic hydroxyl groups is 2. The topological polar surface area (TPSA) is 93.1 Å². The Morgan fingerprint density at radius 1 is 0.610 bits per heavy atom. The van der Waals surface area contributed by atoms with Gasteiger partial charge in [0.2, 0.25) is 0 Å². The number of phenolic OH excluding ortho intramolecular Hbond substituents is 2. The van der Waals surface area contributed by atoms with Gasteiger partial charge in [-0.2, -0.15) is 0 Å². The van der Waals surface area contributed by atoms with E-state index in [1.54, 1.807) is 48.6 Å². The molecule has 0 aliphatic heterocycles. The number of aryl methyl sites for hydroxylation is 2. The van der Waals surface area contributed by atoms with Gasteiger partial charge in [0.1, 0.15) is 10.5 Å². The monoisotopic (exact) mass is 570 g/mol. The van der Waals surface area contributed by atoms with Crippen molar-refractivity contribution in [2.45, 2.75) is 24.3 Å². The van der Waals surface area contributed by atoms with Gasteiger partial charge in [0.25, 0.3) is 0 Å². The number of ether oxygens (including phenoxy) is 2. The number of phenols is 2. The molecule has 0 saturated carbocycles. The quantitative estimate of drug-likeness (QED) is 0.207. The van der Waals surface area contributed by atoms with Gasteiger partial charge in [0, 0.05) is 0 Å². The fraction of sp³-hybridized carbons (Fsp3) is 0.176. The van der Waals surface area contributed by atoms with Crippen LogP contribution in [0.25, 0.3) is 12.2 Å². The molecular weight excluding hydrogens is 536 g/mol. The standard InChI is InChI=1S/C34H34O6S/c1-23-5-13-27(14-6-23)33(19-11-25-9-17-29(35)31(21-25)39-3)41(37,38)34(28-15-7-24(2)8-16-28)20-12-26-10-18-30(36)32(22-26)40-4/h5-22,33-36H,1-4H3. The minimum atomic E-state index is -3.92. The van der Waals surface area contributed by atoms with Crippen molar-refractivity contribution >= 4 is 22.0 Å². The second-order valence-electron chi connectivity index (χ2n) is 9.83. The summed E-state index contributed by atoms with van der Waals surface area (Å²) in [5.41, 5.74) is 4.68. The van der Waals surface area contributed by atoms with Gasteiger partial charge >= 0.3 is 0 Å². The third-order valence-electron chi connectivity index (χ3n) is 6.85. The Bertz CT molecular complexity index is 1530. The van der Waals surface area contributed by atoms with Crippen molar-refractivity contribution in [3.63, 3.8) is 0 Å². The largest absolute Gasteiger partial charge is 0.504 e. The molecule has 212 valence electrons. The van der Waals surface area contributed by atoms with Gasteiger partial charge in [0.05, 0.1) is 14.2 Å². The van der Waals surface area contributed by atoms with E-state index >= 15 is 0 Å². The molecule has 2 atom stereocenters. The highest BCUT2D eigenvalue weighted by atomic mass is 32.2. The Kier molecular flexibility index (Phi) is 9.20. The van der Waals surface area contributed by atoms with E-state index in [1.807, 2.05) is 62.4 Å². The average Bonchev–Trinajstić information content (AvgIpc) is 2.96. The van der Waals surface area contributed by atoms with Crippen LogP contribution in [-0.2, 0) is 9.84 Å². The van der Waals surface area contributed by atoms with E-state index in [0.717, 1.165) is 11.1 Å². The highest BCUT2D eigenvalue weighted by Crippen LogP contribution is 2.38. The minimum Gasteiger partial charge on any atom is -0.504 e. The van der Waals surface area contributed by atoms with Crippen molar-refractivity contribution in [2.24, 2.45) is 0 Å². The van der Waals surface area contributed by atoms with Crippen molar-refractivity contribution in [1.29, 1.82) is 0 Å². The molecule has 0 amide bonds. The van der Waals surface area contributed by atoms with E-state index in [1.165, 1.54) is 26.4 Å². The molecule has 4 rings (SSSR count). The number of hydrogen-bond acceptors (Lipinski definition) is 6. The summed E-state index contributed by atoms with van der Waals surface area (Å²) >= 11 is 0. The fourth-order valence-electron chi connectivity index (χ4n) is 4.48. The van der Waals surface area contributed by atoms with Gasteiger partial charge in [-0.1, -0.05) is 96.1 Å². The molecule has 0 radical (unpaired) electrons. The van der Waals surface area contributed by atoms with Crippen LogP contribution in [0.4, 0.5) is 0 Å². The van der Waals surface area contributed by atoms with E-state index in [2.05, 4.69) is 0 Å². The van der Waals surface area contributed by atoms with Gasteiger partial charge in [0.15, 0.2) is 32.8 Å². The first-order valence-electron chi connectivity index (χ1n) is 13.1. The van der Waals surface area contributed by atoms with Crippen LogP contribution < -0.4 is 9.47 Å². The summed E-state index contributed by atoms with van der Waals surface area (Å²) in [7, 11) is -0.993. The summed E-state index contributed by atoms with van der Waals surface area (Å²) in [6.07, 6.45) is 6.80. The summed E-state index contributed by atoms with van der Waals surface area (Å²) in [4.78, 5) is 0. The lowest BCUT2D eigenvalue weighted by atomic mass is 10.1. The van der Waals surface area contributed by atoms with Crippen molar-refractivity contribution in [3.05, 3.63) is 130 Å². The fourth-order valence-corrected chi connectivity index (χ4v) is 6.47. The molecule has 0 fully saturated rings. The maximum absolute atomic E-state index is 14.6. The Hall–Kier alpha value is -4.49. The van der Waals surface area contributed by atoms with Crippen molar-refractivity contribution < 1.29 is 28.1 Å². The van der Waals surface area contributed by atoms with Crippen LogP contribution >= 0.6 is 0 Å². The zero-order valence-corrected chi connectivity index (χ0v) is 24.3. The van der Waals surface area contributed by atoms with Crippen molar-refractivity contribution in [2.75, 3.05) is 14.2 Å². The van der Waals surface area contributed by atoms with Crippen molar-refractivity contribution in [3.8, 4) is 23.0 Å². The third-order valence-corrected chi connectivity index (χ3v) is 9.13. The summed E-state index contributed by atoms with van der Waals surface area (Å²) in [6.45, 7) is 3.91. The third kappa shape index (κ3) is 6.99. The smallest absolute Gasteiger partial charge is 0.171 e. The Balaban J connectivity index is 1.83. The molecule has 0 aromatic heterocycles. The first-order valence-corrected chi connectivity index (χ1v) is 14.7. The number of sulfone groups is 1. The molecule has 0 aliphatic carbocycles. The molecule has 6 nitrogen and oxygen atoms in total. The lowest BCUT2D eigenvalue weighted by molar-refractivity contribution is 0.373. The van der Waals surface area contributed by atoms with E-state index in [4.69, 9.17) is 9.47 Å². The van der Waals surface area contributed by atoms with E-state index in [9.17, 15) is 18.6 Å². The molecule has 0 bridgehead atoms. The summed E-state index contributed by atoms with van der Waals surface area (Å²) in [5, 5.41) is 18.0. The summed E-state index contributed by atoms with van der Waals surface area (Å²) in [6, 6.07) is 24.6. The van der Waals surface area contributed by atoms with Gasteiger partial charge in [-0.05, 0) is 60.4 Å². The molecule has 2 unspecified atom stereocenters. The zero-order valence-electron chi connectivity index (χ0n) is 23.5. The molecule has 0 spiro atoms. The molecule has 4 aromatic rings. The SMILES string of the molecule is COc1cc(C=CC(c2ccc(C)cc2)S(=O)(=O)C(C=Cc2ccc(O)c(OC)c2)c2ccc(C)cc2)ccc1O. The minimum absolute atomic E-state index is 0.00258. The normalized spacial score (nSPS) is 13.4. The number of benzene rings is 4. The molecular formula is C34H34O6S. The van der Waals surface area contributed by atoms with Crippen LogP contribution in [0.5, 0.6) is 23.0 Å². The Morgan fingerprint density at radius 3 is 1.32 bits per heavy atom. The average molecular weight is 571 g/mol. The lowest BCUT2D eigenvalue weighted by Gasteiger charge is -2.22. The van der Waals surface area contributed by atoms with Crippen LogP contribution in [0, 0.1) is 13.8 Å². The molecule has 0 saturated heterocycles. The van der Waals surface area contributed by atoms with E-state index < -0.39 is 20.3 Å². The summed E-state index contributed by atoms with van der Waals surface area (Å²) < 4.78 is 39.6. The first-order chi connectivity index (χ1) is 19.6. The number of methoxy groups -OCH3 is 2. The Labute approximate surface area is 241 Å². The molecule has 4 aromatic carbocycles. The summed E-state index contributed by atoms with van der Waals surface area (Å²) in [5.74, 6) is 0.601. The number of hydrogen-bond donors (Lipinski definition) is 2. The van der Waals surface area contributed by atoms with Crippen LogP contribution in [0.2, 0.25) is 0 Å². The van der Waals surface area contributed by atoms with Gasteiger partial charge in [-0.25, -0.2) is 8.42 Å². The van der Waals surface area contributed by atoms with Gasteiger partial charge < -0.3 is 19.7 Å². The van der Waals surface area contributed by atoms with E-state index in [-0.39, 0.29) is 11.5 Å². The van der Waals surface area contributed by atoms with E-state index in [0.29, 0.717) is 33.8 Å².